The van der Waals surface area contributed by atoms with Crippen LogP contribution in [-0.4, -0.2) is 29.2 Å². The quantitative estimate of drug-likeness (QED) is 0.660. The van der Waals surface area contributed by atoms with Crippen molar-refractivity contribution in [2.24, 2.45) is 0 Å². The van der Waals surface area contributed by atoms with Gasteiger partial charge < -0.3 is 5.32 Å². The zero-order valence-electron chi connectivity index (χ0n) is 15.7. The van der Waals surface area contributed by atoms with E-state index in [0.29, 0.717) is 16.8 Å². The first-order chi connectivity index (χ1) is 12.7. The van der Waals surface area contributed by atoms with Crippen molar-refractivity contribution in [1.29, 1.82) is 0 Å². The Balaban J connectivity index is 1.80. The number of carbonyl (C=O) groups is 3. The van der Waals surface area contributed by atoms with Gasteiger partial charge in [-0.1, -0.05) is 39.0 Å². The van der Waals surface area contributed by atoms with Crippen LogP contribution in [-0.2, 0) is 5.41 Å². The Morgan fingerprint density at radius 3 is 2.26 bits per heavy atom. The monoisotopic (exact) mass is 362 g/mol. The number of anilines is 1. The predicted octanol–water partition coefficient (Wildman–Crippen LogP) is 4.02. The summed E-state index contributed by atoms with van der Waals surface area (Å²) in [5.74, 6) is -1.09. The molecule has 1 heterocycles. The number of nitrogens with zero attached hydrogens (tertiary/aromatic N) is 1. The van der Waals surface area contributed by atoms with E-state index in [-0.39, 0.29) is 29.3 Å². The molecule has 2 aromatic rings. The summed E-state index contributed by atoms with van der Waals surface area (Å²) in [5, 5.41) is 2.83. The minimum absolute atomic E-state index is 0.0345. The molecule has 2 aromatic carbocycles. The Morgan fingerprint density at radius 2 is 1.67 bits per heavy atom. The van der Waals surface area contributed by atoms with Crippen LogP contribution in [0, 0.1) is 0 Å². The summed E-state index contributed by atoms with van der Waals surface area (Å²) < 4.78 is 0. The molecule has 1 N–H and O–H groups in total. The van der Waals surface area contributed by atoms with Crippen molar-refractivity contribution in [3.8, 4) is 0 Å². The minimum Gasteiger partial charge on any atom is -0.322 e. The second-order valence-corrected chi connectivity index (χ2v) is 7.55. The summed E-state index contributed by atoms with van der Waals surface area (Å²) in [5.41, 5.74) is 2.77. The van der Waals surface area contributed by atoms with Gasteiger partial charge in [-0.05, 0) is 41.3 Å². The molecule has 0 saturated heterocycles. The molecule has 0 bridgehead atoms. The van der Waals surface area contributed by atoms with Gasteiger partial charge in [0.1, 0.15) is 0 Å². The van der Waals surface area contributed by atoms with Crippen LogP contribution < -0.4 is 5.32 Å². The summed E-state index contributed by atoms with van der Waals surface area (Å²) in [7, 11) is 0. The maximum atomic E-state index is 12.6. The molecule has 1 aliphatic rings. The van der Waals surface area contributed by atoms with E-state index in [1.807, 2.05) is 24.3 Å². The fourth-order valence-electron chi connectivity index (χ4n) is 2.98. The third kappa shape index (κ3) is 3.53. The Morgan fingerprint density at radius 1 is 1.04 bits per heavy atom. The summed E-state index contributed by atoms with van der Waals surface area (Å²) in [6.45, 7) is 10.1. The Hall–Kier alpha value is -3.21. The van der Waals surface area contributed by atoms with Crippen LogP contribution in [0.15, 0.2) is 55.1 Å². The van der Waals surface area contributed by atoms with Gasteiger partial charge in [0, 0.05) is 17.8 Å². The van der Waals surface area contributed by atoms with Crippen molar-refractivity contribution in [3.05, 3.63) is 77.4 Å². The third-order valence-corrected chi connectivity index (χ3v) is 4.55. The molecule has 0 saturated carbocycles. The van der Waals surface area contributed by atoms with Gasteiger partial charge in [0.05, 0.1) is 11.1 Å². The zero-order chi connectivity index (χ0) is 19.8. The first-order valence-corrected chi connectivity index (χ1v) is 8.75. The van der Waals surface area contributed by atoms with Crippen LogP contribution in [0.5, 0.6) is 0 Å². The van der Waals surface area contributed by atoms with Gasteiger partial charge in [-0.25, -0.2) is 0 Å². The molecule has 5 heteroatoms. The fraction of sp³-hybridized carbons (Fsp3) is 0.227. The molecule has 27 heavy (non-hydrogen) atoms. The number of benzene rings is 2. The van der Waals surface area contributed by atoms with Gasteiger partial charge in [-0.15, -0.1) is 6.58 Å². The lowest BCUT2D eigenvalue weighted by Crippen LogP contribution is -2.29. The number of amides is 3. The zero-order valence-corrected chi connectivity index (χ0v) is 15.7. The predicted molar refractivity (Wildman–Crippen MR) is 105 cm³/mol. The SMILES string of the molecule is C=CCN1C(=O)c2ccc(C(=O)Nc3ccc(C(C)(C)C)cc3)cc2C1=O. The largest absolute Gasteiger partial charge is 0.322 e. The minimum atomic E-state index is -0.404. The molecular formula is C22H22N2O3. The van der Waals surface area contributed by atoms with Crippen LogP contribution >= 0.6 is 0 Å². The average Bonchev–Trinajstić information content (AvgIpc) is 2.86. The van der Waals surface area contributed by atoms with Gasteiger partial charge in [0.25, 0.3) is 17.7 Å². The van der Waals surface area contributed by atoms with Crippen molar-refractivity contribution in [1.82, 2.24) is 4.90 Å². The smallest absolute Gasteiger partial charge is 0.261 e. The Labute approximate surface area is 158 Å². The summed E-state index contributed by atoms with van der Waals surface area (Å²) in [4.78, 5) is 38.3. The average molecular weight is 362 g/mol. The first-order valence-electron chi connectivity index (χ1n) is 8.75. The Kier molecular flexibility index (Phi) is 4.70. The normalized spacial score (nSPS) is 13.5. The third-order valence-electron chi connectivity index (χ3n) is 4.55. The van der Waals surface area contributed by atoms with Gasteiger partial charge >= 0.3 is 0 Å². The second-order valence-electron chi connectivity index (χ2n) is 7.55. The number of rotatable bonds is 4. The first kappa shape index (κ1) is 18.6. The molecule has 5 nitrogen and oxygen atoms in total. The number of fused-ring (bicyclic) bond motifs is 1. The lowest BCUT2D eigenvalue weighted by atomic mass is 9.87. The van der Waals surface area contributed by atoms with Crippen LogP contribution in [0.4, 0.5) is 5.69 Å². The van der Waals surface area contributed by atoms with E-state index in [1.54, 1.807) is 6.07 Å². The van der Waals surface area contributed by atoms with Gasteiger partial charge in [-0.3, -0.25) is 19.3 Å². The number of imide groups is 1. The highest BCUT2D eigenvalue weighted by molar-refractivity contribution is 6.22. The standard InChI is InChI=1S/C22H22N2O3/c1-5-12-24-20(26)17-11-6-14(13-18(17)21(24)27)19(25)23-16-9-7-15(8-10-16)22(2,3)4/h5-11,13H,1,12H2,2-4H3,(H,23,25). The molecule has 1 aliphatic heterocycles. The maximum absolute atomic E-state index is 12.6. The van der Waals surface area contributed by atoms with Crippen LogP contribution in [0.3, 0.4) is 0 Å². The summed E-state index contributed by atoms with van der Waals surface area (Å²) in [6, 6.07) is 12.2. The topological polar surface area (TPSA) is 66.5 Å². The highest BCUT2D eigenvalue weighted by Crippen LogP contribution is 2.26. The van der Waals surface area contributed by atoms with E-state index >= 15 is 0 Å². The van der Waals surface area contributed by atoms with Gasteiger partial charge in [-0.2, -0.15) is 0 Å². The molecule has 0 aromatic heterocycles. The molecule has 3 rings (SSSR count). The number of hydrogen-bond acceptors (Lipinski definition) is 3. The van der Waals surface area contributed by atoms with Crippen molar-refractivity contribution in [2.75, 3.05) is 11.9 Å². The number of hydrogen-bond donors (Lipinski definition) is 1. The lowest BCUT2D eigenvalue weighted by Gasteiger charge is -2.19. The van der Waals surface area contributed by atoms with Crippen molar-refractivity contribution < 1.29 is 14.4 Å². The van der Waals surface area contributed by atoms with E-state index in [4.69, 9.17) is 0 Å². The van der Waals surface area contributed by atoms with Crippen molar-refractivity contribution >= 4 is 23.4 Å². The van der Waals surface area contributed by atoms with Crippen LogP contribution in [0.25, 0.3) is 0 Å². The number of carbonyl (C=O) groups excluding carboxylic acids is 3. The highest BCUT2D eigenvalue weighted by atomic mass is 16.2. The van der Waals surface area contributed by atoms with Crippen molar-refractivity contribution in [3.63, 3.8) is 0 Å². The van der Waals surface area contributed by atoms with E-state index in [2.05, 4.69) is 32.7 Å². The van der Waals surface area contributed by atoms with Crippen LogP contribution in [0.2, 0.25) is 0 Å². The second kappa shape index (κ2) is 6.83. The molecule has 0 spiro atoms. The molecule has 0 radical (unpaired) electrons. The highest BCUT2D eigenvalue weighted by Gasteiger charge is 2.35. The lowest BCUT2D eigenvalue weighted by molar-refractivity contribution is 0.0672. The summed E-state index contributed by atoms with van der Waals surface area (Å²) in [6.07, 6.45) is 1.50. The van der Waals surface area contributed by atoms with Crippen LogP contribution in [0.1, 0.15) is 57.4 Å². The Bertz CT molecular complexity index is 937. The van der Waals surface area contributed by atoms with Crippen molar-refractivity contribution in [2.45, 2.75) is 26.2 Å². The van der Waals surface area contributed by atoms with Gasteiger partial charge in [0.15, 0.2) is 0 Å². The van der Waals surface area contributed by atoms with E-state index in [0.717, 1.165) is 4.90 Å². The molecular weight excluding hydrogens is 340 g/mol. The molecule has 0 fully saturated rings. The molecule has 0 unspecified atom stereocenters. The summed E-state index contributed by atoms with van der Waals surface area (Å²) >= 11 is 0. The molecule has 138 valence electrons. The molecule has 0 aliphatic carbocycles. The fourth-order valence-corrected chi connectivity index (χ4v) is 2.98. The molecule has 0 atom stereocenters. The van der Waals surface area contributed by atoms with E-state index in [9.17, 15) is 14.4 Å². The maximum Gasteiger partial charge on any atom is 0.261 e. The molecule has 3 amide bonds. The van der Waals surface area contributed by atoms with Gasteiger partial charge in [0.2, 0.25) is 0 Å². The van der Waals surface area contributed by atoms with E-state index < -0.39 is 5.91 Å². The van der Waals surface area contributed by atoms with E-state index in [1.165, 1.54) is 23.8 Å². The number of nitrogens with one attached hydrogen (secondary N) is 1.